The van der Waals surface area contributed by atoms with Crippen LogP contribution in [0.1, 0.15) is 32.8 Å². The van der Waals surface area contributed by atoms with Gasteiger partial charge in [-0.15, -0.1) is 6.42 Å². The molecule has 0 spiro atoms. The van der Waals surface area contributed by atoms with Gasteiger partial charge in [-0.05, 0) is 31.5 Å². The molecule has 0 heterocycles. The van der Waals surface area contributed by atoms with Gasteiger partial charge in [-0.3, -0.25) is 9.59 Å². The van der Waals surface area contributed by atoms with Gasteiger partial charge in [-0.1, -0.05) is 25.8 Å². The zero-order chi connectivity index (χ0) is 17.0. The van der Waals surface area contributed by atoms with Crippen molar-refractivity contribution in [3.63, 3.8) is 0 Å². The van der Waals surface area contributed by atoms with E-state index in [0.29, 0.717) is 24.3 Å². The van der Waals surface area contributed by atoms with Crippen LogP contribution in [-0.2, 0) is 14.3 Å². The van der Waals surface area contributed by atoms with E-state index < -0.39 is 11.8 Å². The minimum absolute atomic E-state index is 0.0747. The number of hydrogen-bond donors (Lipinski definition) is 2. The Morgan fingerprint density at radius 1 is 1.39 bits per heavy atom. The lowest BCUT2D eigenvalue weighted by atomic mass is 9.64. The van der Waals surface area contributed by atoms with Crippen molar-refractivity contribution in [2.45, 2.75) is 39.3 Å². The summed E-state index contributed by atoms with van der Waals surface area (Å²) in [5.74, 6) is 1.13. The molecule has 0 unspecified atom stereocenters. The van der Waals surface area contributed by atoms with Gasteiger partial charge in [0, 0.05) is 29.3 Å². The lowest BCUT2D eigenvalue weighted by molar-refractivity contribution is -0.144. The fourth-order valence-electron chi connectivity index (χ4n) is 2.71. The van der Waals surface area contributed by atoms with Crippen LogP contribution in [0.25, 0.3) is 0 Å². The van der Waals surface area contributed by atoms with Crippen molar-refractivity contribution in [3.05, 3.63) is 29.8 Å². The van der Waals surface area contributed by atoms with E-state index in [-0.39, 0.29) is 17.6 Å². The van der Waals surface area contributed by atoms with Crippen molar-refractivity contribution in [3.8, 4) is 12.3 Å². The molecule has 0 saturated heterocycles. The number of benzene rings is 1. The molecule has 0 aliphatic heterocycles. The molecule has 122 valence electrons. The predicted octanol–water partition coefficient (Wildman–Crippen LogP) is 1.93. The van der Waals surface area contributed by atoms with Crippen LogP contribution in [0.4, 0.5) is 5.69 Å². The highest BCUT2D eigenvalue weighted by atomic mass is 16.5. The smallest absolute Gasteiger partial charge is 0.313 e. The topological polar surface area (TPSA) is 67.4 Å². The van der Waals surface area contributed by atoms with E-state index in [1.807, 2.05) is 20.8 Å². The van der Waals surface area contributed by atoms with Crippen molar-refractivity contribution in [1.82, 2.24) is 5.32 Å². The highest BCUT2D eigenvalue weighted by molar-refractivity contribution is 6.39. The summed E-state index contributed by atoms with van der Waals surface area (Å²) in [4.78, 5) is 24.1. The Labute approximate surface area is 136 Å². The maximum atomic E-state index is 12.1. The Morgan fingerprint density at radius 3 is 2.74 bits per heavy atom. The standard InChI is InChI=1S/C18H22N2O3/c1-5-12-8-7-9-13(10-12)19-16(21)17(22)20-14-11-15(23-6-2)18(14,3)4/h1,7-10,14-15H,6,11H2,2-4H3,(H,19,21)(H,20,22)/t14-,15-/m1/s1. The van der Waals surface area contributed by atoms with E-state index in [4.69, 9.17) is 11.2 Å². The molecule has 23 heavy (non-hydrogen) atoms. The van der Waals surface area contributed by atoms with Crippen LogP contribution in [0, 0.1) is 17.8 Å². The first kappa shape index (κ1) is 17.0. The molecule has 1 aliphatic carbocycles. The van der Waals surface area contributed by atoms with Crippen molar-refractivity contribution < 1.29 is 14.3 Å². The van der Waals surface area contributed by atoms with Gasteiger partial charge in [0.25, 0.3) is 0 Å². The third kappa shape index (κ3) is 3.72. The number of ether oxygens (including phenoxy) is 1. The van der Waals surface area contributed by atoms with Crippen molar-refractivity contribution in [2.24, 2.45) is 5.41 Å². The van der Waals surface area contributed by atoms with Gasteiger partial charge < -0.3 is 15.4 Å². The molecule has 0 bridgehead atoms. The van der Waals surface area contributed by atoms with Crippen molar-refractivity contribution in [1.29, 1.82) is 0 Å². The molecule has 0 aromatic heterocycles. The lowest BCUT2D eigenvalue weighted by Crippen LogP contribution is -2.63. The van der Waals surface area contributed by atoms with Gasteiger partial charge in [-0.25, -0.2) is 0 Å². The zero-order valence-corrected chi connectivity index (χ0v) is 13.7. The molecule has 2 rings (SSSR count). The SMILES string of the molecule is C#Cc1cccc(NC(=O)C(=O)N[C@@H]2C[C@@H](OCC)C2(C)C)c1. The molecule has 1 saturated carbocycles. The fraction of sp³-hybridized carbons (Fsp3) is 0.444. The summed E-state index contributed by atoms with van der Waals surface area (Å²) in [6.07, 6.45) is 6.13. The van der Waals surface area contributed by atoms with Crippen LogP contribution in [0.3, 0.4) is 0 Å². The summed E-state index contributed by atoms with van der Waals surface area (Å²) in [6, 6.07) is 6.73. The molecule has 1 fully saturated rings. The maximum Gasteiger partial charge on any atom is 0.313 e. The Bertz CT molecular complexity index is 646. The summed E-state index contributed by atoms with van der Waals surface area (Å²) < 4.78 is 5.62. The average Bonchev–Trinajstić information content (AvgIpc) is 2.53. The molecule has 5 heteroatoms. The largest absolute Gasteiger partial charge is 0.378 e. The molecular weight excluding hydrogens is 292 g/mol. The van der Waals surface area contributed by atoms with E-state index >= 15 is 0 Å². The Balaban J connectivity index is 1.91. The highest BCUT2D eigenvalue weighted by Crippen LogP contribution is 2.42. The number of nitrogens with one attached hydrogen (secondary N) is 2. The number of rotatable bonds is 4. The third-order valence-electron chi connectivity index (χ3n) is 4.34. The van der Waals surface area contributed by atoms with Crippen molar-refractivity contribution in [2.75, 3.05) is 11.9 Å². The number of hydrogen-bond acceptors (Lipinski definition) is 3. The van der Waals surface area contributed by atoms with E-state index in [1.165, 1.54) is 0 Å². The highest BCUT2D eigenvalue weighted by Gasteiger charge is 2.49. The first-order valence-electron chi connectivity index (χ1n) is 7.68. The van der Waals surface area contributed by atoms with Gasteiger partial charge in [0.1, 0.15) is 0 Å². The number of carbonyl (C=O) groups excluding carboxylic acids is 2. The van der Waals surface area contributed by atoms with Crippen LogP contribution in [0.5, 0.6) is 0 Å². The van der Waals surface area contributed by atoms with Crippen LogP contribution in [-0.4, -0.2) is 30.6 Å². The van der Waals surface area contributed by atoms with Crippen LogP contribution in [0.2, 0.25) is 0 Å². The molecule has 2 atom stereocenters. The quantitative estimate of drug-likeness (QED) is 0.659. The minimum atomic E-state index is -0.699. The first-order chi connectivity index (χ1) is 10.9. The zero-order valence-electron chi connectivity index (χ0n) is 13.7. The summed E-state index contributed by atoms with van der Waals surface area (Å²) in [7, 11) is 0. The second-order valence-electron chi connectivity index (χ2n) is 6.21. The third-order valence-corrected chi connectivity index (χ3v) is 4.34. The molecule has 5 nitrogen and oxygen atoms in total. The molecule has 2 amide bonds. The summed E-state index contributed by atoms with van der Waals surface area (Å²) in [5, 5.41) is 5.33. The van der Waals surface area contributed by atoms with E-state index in [2.05, 4.69) is 16.6 Å². The van der Waals surface area contributed by atoms with E-state index in [1.54, 1.807) is 24.3 Å². The van der Waals surface area contributed by atoms with Crippen LogP contribution >= 0.6 is 0 Å². The summed E-state index contributed by atoms with van der Waals surface area (Å²) >= 11 is 0. The Kier molecular flexibility index (Phi) is 5.07. The molecule has 1 aromatic rings. The van der Waals surface area contributed by atoms with Crippen LogP contribution in [0.15, 0.2) is 24.3 Å². The van der Waals surface area contributed by atoms with Crippen molar-refractivity contribution >= 4 is 17.5 Å². The number of terminal acetylenes is 1. The molecule has 1 aliphatic rings. The second-order valence-corrected chi connectivity index (χ2v) is 6.21. The Hall–Kier alpha value is -2.32. The summed E-state index contributed by atoms with van der Waals surface area (Å²) in [5.41, 5.74) is 0.957. The molecular formula is C18H22N2O3. The van der Waals surface area contributed by atoms with Gasteiger partial charge in [-0.2, -0.15) is 0 Å². The second kappa shape index (κ2) is 6.84. The lowest BCUT2D eigenvalue weighted by Gasteiger charge is -2.51. The van der Waals surface area contributed by atoms with E-state index in [9.17, 15) is 9.59 Å². The summed E-state index contributed by atoms with van der Waals surface area (Å²) in [6.45, 7) is 6.63. The first-order valence-corrected chi connectivity index (χ1v) is 7.68. The van der Waals surface area contributed by atoms with Gasteiger partial charge in [0.05, 0.1) is 6.10 Å². The van der Waals surface area contributed by atoms with Crippen LogP contribution < -0.4 is 10.6 Å². The van der Waals surface area contributed by atoms with Gasteiger partial charge in [0.2, 0.25) is 0 Å². The van der Waals surface area contributed by atoms with Gasteiger partial charge >= 0.3 is 11.8 Å². The monoisotopic (exact) mass is 314 g/mol. The van der Waals surface area contributed by atoms with Gasteiger partial charge in [0.15, 0.2) is 0 Å². The number of anilines is 1. The maximum absolute atomic E-state index is 12.1. The normalized spacial score (nSPS) is 21.7. The number of amides is 2. The molecule has 2 N–H and O–H groups in total. The Morgan fingerprint density at radius 2 is 2.13 bits per heavy atom. The molecule has 0 radical (unpaired) electrons. The van der Waals surface area contributed by atoms with E-state index in [0.717, 1.165) is 0 Å². The average molecular weight is 314 g/mol. The number of carbonyl (C=O) groups is 2. The molecule has 1 aromatic carbocycles. The fourth-order valence-corrected chi connectivity index (χ4v) is 2.71. The predicted molar refractivity (Wildman–Crippen MR) is 88.7 cm³/mol. The minimum Gasteiger partial charge on any atom is -0.378 e.